The average molecular weight is 421 g/mol. The molecule has 2 rings (SSSR count). The predicted molar refractivity (Wildman–Crippen MR) is 86.0 cm³/mol. The van der Waals surface area contributed by atoms with Gasteiger partial charge in [0.15, 0.2) is 0 Å². The zero-order chi connectivity index (χ0) is 14.9. The number of nitrogens with zero attached hydrogens (tertiary/aromatic N) is 1. The van der Waals surface area contributed by atoms with Gasteiger partial charge in [-0.25, -0.2) is 13.4 Å². The Hall–Kier alpha value is -1.12. The molecule has 0 bridgehead atoms. The number of hydrogen-bond donors (Lipinski definition) is 2. The van der Waals surface area contributed by atoms with Crippen molar-refractivity contribution in [3.63, 3.8) is 0 Å². The van der Waals surface area contributed by atoms with Crippen molar-refractivity contribution in [1.82, 2.24) is 4.98 Å². The Balaban J connectivity index is 2.40. The van der Waals surface area contributed by atoms with Gasteiger partial charge in [0.2, 0.25) is 0 Å². The van der Waals surface area contributed by atoms with Crippen LogP contribution in [0.2, 0.25) is 0 Å². The molecule has 0 unspecified atom stereocenters. The van der Waals surface area contributed by atoms with E-state index in [2.05, 4.69) is 41.6 Å². The van der Waals surface area contributed by atoms with Crippen molar-refractivity contribution in [3.05, 3.63) is 45.0 Å². The fourth-order valence-electron chi connectivity index (χ4n) is 1.52. The highest BCUT2D eigenvalue weighted by atomic mass is 79.9. The number of nitrogens with two attached hydrogens (primary N) is 1. The number of aromatic nitrogens is 1. The molecule has 0 amide bonds. The first kappa shape index (κ1) is 15.3. The van der Waals surface area contributed by atoms with E-state index in [9.17, 15) is 8.42 Å². The quantitative estimate of drug-likeness (QED) is 0.746. The number of benzene rings is 1. The van der Waals surface area contributed by atoms with Crippen LogP contribution in [-0.2, 0) is 10.0 Å². The molecule has 1 heterocycles. The first-order valence-corrected chi connectivity index (χ1v) is 8.57. The van der Waals surface area contributed by atoms with Crippen LogP contribution < -0.4 is 10.5 Å². The summed E-state index contributed by atoms with van der Waals surface area (Å²) in [6, 6.07) is 7.90. The van der Waals surface area contributed by atoms with Gasteiger partial charge in [-0.1, -0.05) is 0 Å². The van der Waals surface area contributed by atoms with Crippen molar-refractivity contribution in [2.75, 3.05) is 10.5 Å². The van der Waals surface area contributed by atoms with Crippen LogP contribution in [0.15, 0.2) is 44.2 Å². The second-order valence-electron chi connectivity index (χ2n) is 4.06. The molecule has 8 heteroatoms. The van der Waals surface area contributed by atoms with E-state index in [0.717, 1.165) is 4.47 Å². The van der Waals surface area contributed by atoms with E-state index in [1.807, 2.05) is 0 Å². The molecule has 106 valence electrons. The summed E-state index contributed by atoms with van der Waals surface area (Å²) < 4.78 is 28.3. The third-order valence-electron chi connectivity index (χ3n) is 2.51. The van der Waals surface area contributed by atoms with Crippen molar-refractivity contribution in [3.8, 4) is 0 Å². The van der Waals surface area contributed by atoms with Crippen LogP contribution in [0.5, 0.6) is 0 Å². The van der Waals surface area contributed by atoms with Gasteiger partial charge >= 0.3 is 0 Å². The summed E-state index contributed by atoms with van der Waals surface area (Å²) in [6.07, 6.45) is 0. The highest BCUT2D eigenvalue weighted by Gasteiger charge is 2.19. The maximum absolute atomic E-state index is 12.3. The molecule has 20 heavy (non-hydrogen) atoms. The van der Waals surface area contributed by atoms with Crippen LogP contribution in [0, 0.1) is 6.92 Å². The van der Waals surface area contributed by atoms with Crippen LogP contribution in [0.4, 0.5) is 11.5 Å². The van der Waals surface area contributed by atoms with E-state index in [0.29, 0.717) is 15.9 Å². The minimum Gasteiger partial charge on any atom is -0.399 e. The lowest BCUT2D eigenvalue weighted by Gasteiger charge is -2.10. The first-order valence-electron chi connectivity index (χ1n) is 5.50. The molecule has 5 nitrogen and oxygen atoms in total. The summed E-state index contributed by atoms with van der Waals surface area (Å²) in [6.45, 7) is 1.78. The second kappa shape index (κ2) is 5.71. The number of nitrogens with one attached hydrogen (secondary N) is 1. The maximum Gasteiger partial charge on any atom is 0.264 e. The highest BCUT2D eigenvalue weighted by Crippen LogP contribution is 2.26. The van der Waals surface area contributed by atoms with E-state index in [-0.39, 0.29) is 10.7 Å². The number of pyridine rings is 1. The molecule has 0 radical (unpaired) electrons. The summed E-state index contributed by atoms with van der Waals surface area (Å²) in [4.78, 5) is 4.22. The highest BCUT2D eigenvalue weighted by molar-refractivity contribution is 9.10. The number of aryl methyl sites for hydroxylation is 1. The summed E-state index contributed by atoms with van der Waals surface area (Å²) in [7, 11) is -3.75. The summed E-state index contributed by atoms with van der Waals surface area (Å²) in [5.74, 6) is 0.250. The monoisotopic (exact) mass is 419 g/mol. The molecule has 0 fully saturated rings. The zero-order valence-electron chi connectivity index (χ0n) is 10.4. The molecule has 0 saturated heterocycles. The molecule has 0 spiro atoms. The lowest BCUT2D eigenvalue weighted by Crippen LogP contribution is -2.15. The van der Waals surface area contributed by atoms with Crippen molar-refractivity contribution < 1.29 is 8.42 Å². The Kier molecular flexibility index (Phi) is 4.36. The van der Waals surface area contributed by atoms with Gasteiger partial charge in [-0.2, -0.15) is 0 Å². The molecular weight excluding hydrogens is 410 g/mol. The normalized spacial score (nSPS) is 11.3. The number of sulfonamides is 1. The van der Waals surface area contributed by atoms with E-state index in [1.54, 1.807) is 31.2 Å². The molecule has 3 N–H and O–H groups in total. The summed E-state index contributed by atoms with van der Waals surface area (Å²) in [5, 5.41) is 0. The van der Waals surface area contributed by atoms with E-state index < -0.39 is 10.0 Å². The van der Waals surface area contributed by atoms with Crippen LogP contribution in [-0.4, -0.2) is 13.4 Å². The molecular formula is C12H11Br2N3O2S. The number of nitrogen functional groups attached to an aromatic ring is 1. The topological polar surface area (TPSA) is 85.1 Å². The van der Waals surface area contributed by atoms with E-state index in [4.69, 9.17) is 5.73 Å². The number of hydrogen-bond acceptors (Lipinski definition) is 4. The van der Waals surface area contributed by atoms with Gasteiger partial charge in [-0.3, -0.25) is 4.72 Å². The first-order chi connectivity index (χ1) is 9.29. The summed E-state index contributed by atoms with van der Waals surface area (Å²) in [5.41, 5.74) is 6.69. The largest absolute Gasteiger partial charge is 0.399 e. The van der Waals surface area contributed by atoms with Gasteiger partial charge < -0.3 is 5.73 Å². The standard InChI is InChI=1S/C12H11Br2N3O2S/c1-7-9(13)4-5-12(16-7)17-20(18,19)11-6-8(15)2-3-10(11)14/h2-6H,15H2,1H3,(H,16,17). The molecule has 0 saturated carbocycles. The Morgan fingerprint density at radius 3 is 2.45 bits per heavy atom. The SMILES string of the molecule is Cc1nc(NS(=O)(=O)c2cc(N)ccc2Br)ccc1Br. The van der Waals surface area contributed by atoms with Gasteiger partial charge in [0, 0.05) is 14.6 Å². The van der Waals surface area contributed by atoms with Crippen molar-refractivity contribution >= 4 is 53.4 Å². The van der Waals surface area contributed by atoms with Gasteiger partial charge in [0.05, 0.1) is 5.69 Å². The molecule has 0 aliphatic rings. The fraction of sp³-hybridized carbons (Fsp3) is 0.0833. The predicted octanol–water partition coefficient (Wildman–Crippen LogP) is 3.30. The molecule has 1 aromatic heterocycles. The van der Waals surface area contributed by atoms with Gasteiger partial charge in [-0.05, 0) is 69.1 Å². The van der Waals surface area contributed by atoms with E-state index in [1.165, 1.54) is 6.07 Å². The Labute approximate surface area is 133 Å². The van der Waals surface area contributed by atoms with Crippen molar-refractivity contribution in [2.45, 2.75) is 11.8 Å². The maximum atomic E-state index is 12.3. The van der Waals surface area contributed by atoms with Crippen LogP contribution in [0.1, 0.15) is 5.69 Å². The van der Waals surface area contributed by atoms with Crippen molar-refractivity contribution in [1.29, 1.82) is 0 Å². The molecule has 0 atom stereocenters. The average Bonchev–Trinajstić information content (AvgIpc) is 2.36. The molecule has 1 aromatic carbocycles. The van der Waals surface area contributed by atoms with Gasteiger partial charge in [0.1, 0.15) is 10.7 Å². The lowest BCUT2D eigenvalue weighted by atomic mass is 10.3. The minimum atomic E-state index is -3.75. The molecule has 0 aliphatic carbocycles. The minimum absolute atomic E-state index is 0.0693. The Morgan fingerprint density at radius 2 is 1.80 bits per heavy atom. The zero-order valence-corrected chi connectivity index (χ0v) is 14.4. The number of anilines is 2. The number of halogens is 2. The number of rotatable bonds is 3. The van der Waals surface area contributed by atoms with Crippen molar-refractivity contribution in [2.24, 2.45) is 0 Å². The van der Waals surface area contributed by atoms with Crippen LogP contribution in [0.3, 0.4) is 0 Å². The third kappa shape index (κ3) is 3.31. The smallest absolute Gasteiger partial charge is 0.264 e. The second-order valence-corrected chi connectivity index (χ2v) is 7.42. The van der Waals surface area contributed by atoms with Crippen LogP contribution in [0.25, 0.3) is 0 Å². The summed E-state index contributed by atoms with van der Waals surface area (Å²) >= 11 is 6.51. The fourth-order valence-corrected chi connectivity index (χ4v) is 3.74. The molecule has 2 aromatic rings. The van der Waals surface area contributed by atoms with Gasteiger partial charge in [0.25, 0.3) is 10.0 Å². The molecule has 0 aliphatic heterocycles. The van der Waals surface area contributed by atoms with E-state index >= 15 is 0 Å². The Bertz CT molecular complexity index is 763. The third-order valence-corrected chi connectivity index (χ3v) is 5.69. The van der Waals surface area contributed by atoms with Gasteiger partial charge in [-0.15, -0.1) is 0 Å². The Morgan fingerprint density at radius 1 is 1.15 bits per heavy atom. The lowest BCUT2D eigenvalue weighted by molar-refractivity contribution is 0.600. The van der Waals surface area contributed by atoms with Crippen LogP contribution >= 0.6 is 31.9 Å².